The lowest BCUT2D eigenvalue weighted by Crippen LogP contribution is -2.39. The molecule has 1 aromatic heterocycles. The van der Waals surface area contributed by atoms with E-state index >= 15 is 0 Å². The highest BCUT2D eigenvalue weighted by molar-refractivity contribution is 5.85. The highest BCUT2D eigenvalue weighted by atomic mass is 35.5. The molecule has 1 aliphatic heterocycles. The van der Waals surface area contributed by atoms with Crippen LogP contribution in [0, 0.1) is 11.8 Å². The molecule has 5 nitrogen and oxygen atoms in total. The minimum absolute atomic E-state index is 0. The molecule has 0 aliphatic carbocycles. The average Bonchev–Trinajstić information content (AvgIpc) is 2.92. The first-order chi connectivity index (χ1) is 9.65. The van der Waals surface area contributed by atoms with Crippen LogP contribution in [-0.2, 0) is 11.3 Å². The summed E-state index contributed by atoms with van der Waals surface area (Å²) in [6.07, 6.45) is 6.76. The van der Waals surface area contributed by atoms with Crippen molar-refractivity contribution in [2.45, 2.75) is 45.7 Å². The Kier molecular flexibility index (Phi) is 10.5. The zero-order chi connectivity index (χ0) is 14.4. The molecule has 0 radical (unpaired) electrons. The summed E-state index contributed by atoms with van der Waals surface area (Å²) < 4.78 is 1.85. The Bertz CT molecular complexity index is 408. The van der Waals surface area contributed by atoms with E-state index in [4.69, 9.17) is 0 Å². The first-order valence-electron chi connectivity index (χ1n) is 7.62. The number of hydrogen-bond donors (Lipinski definition) is 2. The second kappa shape index (κ2) is 10.9. The number of aromatic nitrogens is 2. The molecule has 1 aromatic rings. The van der Waals surface area contributed by atoms with Crippen LogP contribution < -0.4 is 10.6 Å². The maximum atomic E-state index is 12.1. The SMILES string of the molecule is CC(Cn1cccn1)NC(=O)CC(C)C1CCCNC1.Cl.Cl. The van der Waals surface area contributed by atoms with Crippen molar-refractivity contribution < 1.29 is 4.79 Å². The fourth-order valence-corrected chi connectivity index (χ4v) is 2.89. The topological polar surface area (TPSA) is 59.0 Å². The van der Waals surface area contributed by atoms with Crippen LogP contribution in [-0.4, -0.2) is 34.8 Å². The summed E-state index contributed by atoms with van der Waals surface area (Å²) in [6, 6.07) is 2.01. The lowest BCUT2D eigenvalue weighted by atomic mass is 9.85. The Balaban J connectivity index is 0.00000220. The summed E-state index contributed by atoms with van der Waals surface area (Å²) in [6.45, 7) is 7.10. The standard InChI is InChI=1S/C15H26N4O.2ClH/c1-12(14-5-3-6-16-10-14)9-15(20)18-13(2)11-19-8-4-7-17-19;;/h4,7-8,12-14,16H,3,5-6,9-11H2,1-2H3,(H,18,20);2*1H. The quantitative estimate of drug-likeness (QED) is 0.827. The molecule has 2 rings (SSSR count). The Labute approximate surface area is 145 Å². The Morgan fingerprint density at radius 1 is 1.45 bits per heavy atom. The van der Waals surface area contributed by atoms with E-state index in [1.54, 1.807) is 6.20 Å². The normalized spacial score (nSPS) is 20.2. The van der Waals surface area contributed by atoms with Gasteiger partial charge in [-0.1, -0.05) is 6.92 Å². The van der Waals surface area contributed by atoms with Crippen LogP contribution in [0.5, 0.6) is 0 Å². The van der Waals surface area contributed by atoms with Crippen molar-refractivity contribution in [3.05, 3.63) is 18.5 Å². The van der Waals surface area contributed by atoms with Gasteiger partial charge in [0.2, 0.25) is 5.91 Å². The molecule has 2 N–H and O–H groups in total. The monoisotopic (exact) mass is 350 g/mol. The van der Waals surface area contributed by atoms with E-state index in [0.29, 0.717) is 18.3 Å². The Hall–Kier alpha value is -0.780. The van der Waals surface area contributed by atoms with Gasteiger partial charge in [-0.3, -0.25) is 9.48 Å². The number of piperidine rings is 1. The van der Waals surface area contributed by atoms with Gasteiger partial charge in [0.25, 0.3) is 0 Å². The van der Waals surface area contributed by atoms with Crippen molar-refractivity contribution in [1.29, 1.82) is 0 Å². The molecule has 0 spiro atoms. The second-order valence-electron chi connectivity index (χ2n) is 5.98. The van der Waals surface area contributed by atoms with Crippen molar-refractivity contribution in [2.24, 2.45) is 11.8 Å². The number of nitrogens with zero attached hydrogens (tertiary/aromatic N) is 2. The zero-order valence-electron chi connectivity index (χ0n) is 13.3. The minimum Gasteiger partial charge on any atom is -0.352 e. The predicted molar refractivity (Wildman–Crippen MR) is 93.7 cm³/mol. The lowest BCUT2D eigenvalue weighted by molar-refractivity contribution is -0.123. The van der Waals surface area contributed by atoms with Crippen molar-refractivity contribution in [3.63, 3.8) is 0 Å². The van der Waals surface area contributed by atoms with Crippen LogP contribution in [0.1, 0.15) is 33.1 Å². The number of halogens is 2. The van der Waals surface area contributed by atoms with Crippen molar-refractivity contribution in [2.75, 3.05) is 13.1 Å². The molecule has 1 aliphatic rings. The van der Waals surface area contributed by atoms with Crippen molar-refractivity contribution in [3.8, 4) is 0 Å². The number of nitrogens with one attached hydrogen (secondary N) is 2. The molecule has 0 bridgehead atoms. The number of rotatable bonds is 6. The van der Waals surface area contributed by atoms with Gasteiger partial charge < -0.3 is 10.6 Å². The van der Waals surface area contributed by atoms with Gasteiger partial charge in [0.05, 0.1) is 6.54 Å². The smallest absolute Gasteiger partial charge is 0.220 e. The third kappa shape index (κ3) is 6.99. The van der Waals surface area contributed by atoms with Crippen LogP contribution in [0.25, 0.3) is 0 Å². The zero-order valence-corrected chi connectivity index (χ0v) is 15.0. The van der Waals surface area contributed by atoms with Gasteiger partial charge in [0.1, 0.15) is 0 Å². The van der Waals surface area contributed by atoms with E-state index in [2.05, 4.69) is 22.7 Å². The van der Waals surface area contributed by atoms with Gasteiger partial charge in [-0.25, -0.2) is 0 Å². The molecule has 0 saturated carbocycles. The molecule has 2 heterocycles. The third-order valence-electron chi connectivity index (χ3n) is 4.07. The van der Waals surface area contributed by atoms with Crippen molar-refractivity contribution >= 4 is 30.7 Å². The van der Waals surface area contributed by atoms with Gasteiger partial charge in [-0.05, 0) is 50.8 Å². The summed E-state index contributed by atoms with van der Waals surface area (Å²) in [7, 11) is 0. The molecule has 3 atom stereocenters. The molecule has 3 unspecified atom stereocenters. The van der Waals surface area contributed by atoms with Crippen LogP contribution in [0.2, 0.25) is 0 Å². The second-order valence-corrected chi connectivity index (χ2v) is 5.98. The van der Waals surface area contributed by atoms with Crippen LogP contribution >= 0.6 is 24.8 Å². The molecular weight excluding hydrogens is 323 g/mol. The van der Waals surface area contributed by atoms with E-state index in [1.165, 1.54) is 12.8 Å². The van der Waals surface area contributed by atoms with Gasteiger partial charge in [0, 0.05) is 24.9 Å². The molecule has 7 heteroatoms. The number of carbonyl (C=O) groups is 1. The van der Waals surface area contributed by atoms with Gasteiger partial charge in [-0.2, -0.15) is 5.10 Å². The summed E-state index contributed by atoms with van der Waals surface area (Å²) in [5, 5.41) is 10.6. The molecule has 1 fully saturated rings. The molecule has 22 heavy (non-hydrogen) atoms. The highest BCUT2D eigenvalue weighted by Crippen LogP contribution is 2.22. The van der Waals surface area contributed by atoms with Crippen LogP contribution in [0.15, 0.2) is 18.5 Å². The predicted octanol–water partition coefficient (Wildman–Crippen LogP) is 2.26. The number of carbonyl (C=O) groups excluding carboxylic acids is 1. The third-order valence-corrected chi connectivity index (χ3v) is 4.07. The van der Waals surface area contributed by atoms with E-state index < -0.39 is 0 Å². The van der Waals surface area contributed by atoms with Gasteiger partial charge in [0.15, 0.2) is 0 Å². The van der Waals surface area contributed by atoms with E-state index in [1.807, 2.05) is 23.9 Å². The number of amides is 1. The van der Waals surface area contributed by atoms with Crippen LogP contribution in [0.4, 0.5) is 0 Å². The van der Waals surface area contributed by atoms with Gasteiger partial charge >= 0.3 is 0 Å². The summed E-state index contributed by atoms with van der Waals surface area (Å²) in [5.41, 5.74) is 0. The number of hydrogen-bond acceptors (Lipinski definition) is 3. The first-order valence-corrected chi connectivity index (χ1v) is 7.62. The highest BCUT2D eigenvalue weighted by Gasteiger charge is 2.22. The summed E-state index contributed by atoms with van der Waals surface area (Å²) >= 11 is 0. The fraction of sp³-hybridized carbons (Fsp3) is 0.733. The van der Waals surface area contributed by atoms with Gasteiger partial charge in [-0.15, -0.1) is 24.8 Å². The first kappa shape index (κ1) is 21.2. The Morgan fingerprint density at radius 3 is 2.82 bits per heavy atom. The van der Waals surface area contributed by atoms with E-state index in [0.717, 1.165) is 19.6 Å². The summed E-state index contributed by atoms with van der Waals surface area (Å²) in [5.74, 6) is 1.23. The van der Waals surface area contributed by atoms with Crippen molar-refractivity contribution in [1.82, 2.24) is 20.4 Å². The lowest BCUT2D eigenvalue weighted by Gasteiger charge is -2.28. The maximum Gasteiger partial charge on any atom is 0.220 e. The van der Waals surface area contributed by atoms with E-state index in [9.17, 15) is 4.79 Å². The summed E-state index contributed by atoms with van der Waals surface area (Å²) in [4.78, 5) is 12.1. The van der Waals surface area contributed by atoms with Crippen LogP contribution in [0.3, 0.4) is 0 Å². The molecular formula is C15H28Cl2N4O. The molecule has 1 saturated heterocycles. The molecule has 0 aromatic carbocycles. The molecule has 1 amide bonds. The Morgan fingerprint density at radius 2 is 2.23 bits per heavy atom. The largest absolute Gasteiger partial charge is 0.352 e. The maximum absolute atomic E-state index is 12.1. The molecule has 128 valence electrons. The van der Waals surface area contributed by atoms with E-state index in [-0.39, 0.29) is 36.8 Å². The minimum atomic E-state index is 0. The average molecular weight is 351 g/mol. The fourth-order valence-electron chi connectivity index (χ4n) is 2.89.